The highest BCUT2D eigenvalue weighted by Crippen LogP contribution is 2.26. The van der Waals surface area contributed by atoms with Crippen LogP contribution in [-0.4, -0.2) is 27.7 Å². The number of aromatic nitrogens is 2. The van der Waals surface area contributed by atoms with E-state index in [1.54, 1.807) is 18.5 Å². The van der Waals surface area contributed by atoms with Crippen LogP contribution in [0.5, 0.6) is 0 Å². The van der Waals surface area contributed by atoms with Gasteiger partial charge in [0.05, 0.1) is 0 Å². The third kappa shape index (κ3) is 3.35. The second-order valence-electron chi connectivity index (χ2n) is 5.61. The quantitative estimate of drug-likeness (QED) is 0.747. The predicted molar refractivity (Wildman–Crippen MR) is 95.3 cm³/mol. The number of nitrogens with zero attached hydrogens (tertiary/aromatic N) is 3. The molecule has 0 spiro atoms. The molecule has 0 atom stereocenters. The van der Waals surface area contributed by atoms with Gasteiger partial charge in [-0.15, -0.1) is 0 Å². The van der Waals surface area contributed by atoms with Gasteiger partial charge in [-0.1, -0.05) is 31.5 Å². The van der Waals surface area contributed by atoms with Gasteiger partial charge >= 0.3 is 6.09 Å². The van der Waals surface area contributed by atoms with Crippen LogP contribution >= 0.6 is 0 Å². The average molecular weight is 321 g/mol. The summed E-state index contributed by atoms with van der Waals surface area (Å²) in [6.45, 7) is 2.56. The smallest absolute Gasteiger partial charge is 0.411 e. The number of unbranched alkanes of at least 4 members (excludes halogenated alkanes) is 1. The van der Waals surface area contributed by atoms with E-state index >= 15 is 0 Å². The minimum atomic E-state index is -0.919. The molecule has 0 unspecified atom stereocenters. The first-order valence-corrected chi connectivity index (χ1v) is 8.00. The Morgan fingerprint density at radius 2 is 1.79 bits per heavy atom. The Kier molecular flexibility index (Phi) is 4.70. The van der Waals surface area contributed by atoms with Crippen LogP contribution in [-0.2, 0) is 0 Å². The Morgan fingerprint density at radius 1 is 1.08 bits per heavy atom. The lowest BCUT2D eigenvalue weighted by Gasteiger charge is -2.19. The lowest BCUT2D eigenvalue weighted by Crippen LogP contribution is -2.30. The number of hydrogen-bond acceptors (Lipinski definition) is 3. The first kappa shape index (κ1) is 15.9. The maximum Gasteiger partial charge on any atom is 0.411 e. The standard InChI is InChI=1S/C19H19N3O2/c1-2-3-11-22(19(23)24)17-8-7-14-12-16(6-5-15(14)13-17)18-20-9-4-10-21-18/h4-10,12-13H,2-3,11H2,1H3,(H,23,24). The lowest BCUT2D eigenvalue weighted by molar-refractivity contribution is 0.201. The van der Waals surface area contributed by atoms with E-state index in [1.165, 1.54) is 4.90 Å². The van der Waals surface area contributed by atoms with E-state index in [0.717, 1.165) is 29.2 Å². The Hall–Kier alpha value is -2.95. The van der Waals surface area contributed by atoms with E-state index in [9.17, 15) is 9.90 Å². The van der Waals surface area contributed by atoms with Crippen molar-refractivity contribution in [3.8, 4) is 11.4 Å². The molecule has 0 aliphatic rings. The summed E-state index contributed by atoms with van der Waals surface area (Å²) >= 11 is 0. The molecule has 2 aromatic carbocycles. The summed E-state index contributed by atoms with van der Waals surface area (Å²) in [4.78, 5) is 21.4. The van der Waals surface area contributed by atoms with Crippen molar-refractivity contribution >= 4 is 22.6 Å². The number of amides is 1. The zero-order valence-corrected chi connectivity index (χ0v) is 13.5. The van der Waals surface area contributed by atoms with E-state index in [2.05, 4.69) is 9.97 Å². The second-order valence-corrected chi connectivity index (χ2v) is 5.61. The van der Waals surface area contributed by atoms with Gasteiger partial charge in [0.2, 0.25) is 0 Å². The van der Waals surface area contributed by atoms with Gasteiger partial charge in [0, 0.05) is 30.2 Å². The molecule has 1 heterocycles. The van der Waals surface area contributed by atoms with Crippen molar-refractivity contribution in [3.63, 3.8) is 0 Å². The molecule has 0 saturated heterocycles. The maximum absolute atomic E-state index is 11.5. The fourth-order valence-electron chi connectivity index (χ4n) is 2.64. The molecular weight excluding hydrogens is 302 g/mol. The number of carbonyl (C=O) groups is 1. The van der Waals surface area contributed by atoms with E-state index in [0.29, 0.717) is 18.1 Å². The fraction of sp³-hybridized carbons (Fsp3) is 0.211. The summed E-state index contributed by atoms with van der Waals surface area (Å²) in [5.74, 6) is 0.679. The van der Waals surface area contributed by atoms with Gasteiger partial charge in [-0.2, -0.15) is 0 Å². The zero-order chi connectivity index (χ0) is 16.9. The van der Waals surface area contributed by atoms with Crippen molar-refractivity contribution in [1.29, 1.82) is 0 Å². The van der Waals surface area contributed by atoms with Crippen LogP contribution in [0, 0.1) is 0 Å². The van der Waals surface area contributed by atoms with Crippen LogP contribution in [0.4, 0.5) is 10.5 Å². The van der Waals surface area contributed by atoms with Crippen molar-refractivity contribution in [3.05, 3.63) is 54.9 Å². The first-order chi connectivity index (χ1) is 11.7. The molecule has 24 heavy (non-hydrogen) atoms. The molecule has 0 radical (unpaired) electrons. The Morgan fingerprint density at radius 3 is 2.50 bits per heavy atom. The number of rotatable bonds is 5. The van der Waals surface area contributed by atoms with Crippen LogP contribution in [0.25, 0.3) is 22.2 Å². The summed E-state index contributed by atoms with van der Waals surface area (Å²) in [6.07, 6.45) is 4.31. The largest absolute Gasteiger partial charge is 0.465 e. The van der Waals surface area contributed by atoms with Crippen molar-refractivity contribution in [2.45, 2.75) is 19.8 Å². The molecule has 122 valence electrons. The number of carboxylic acid groups (broad SMARTS) is 1. The van der Waals surface area contributed by atoms with E-state index in [4.69, 9.17) is 0 Å². The van der Waals surface area contributed by atoms with Gasteiger partial charge in [0.15, 0.2) is 5.82 Å². The highest BCUT2D eigenvalue weighted by atomic mass is 16.4. The molecule has 0 saturated carbocycles. The van der Waals surface area contributed by atoms with Crippen LogP contribution in [0.2, 0.25) is 0 Å². The van der Waals surface area contributed by atoms with Crippen LogP contribution in [0.1, 0.15) is 19.8 Å². The topological polar surface area (TPSA) is 66.3 Å². The Balaban J connectivity index is 1.96. The average Bonchev–Trinajstić information content (AvgIpc) is 2.62. The van der Waals surface area contributed by atoms with Crippen LogP contribution < -0.4 is 4.90 Å². The molecule has 0 fully saturated rings. The molecular formula is C19H19N3O2. The van der Waals surface area contributed by atoms with E-state index < -0.39 is 6.09 Å². The summed E-state index contributed by atoms with van der Waals surface area (Å²) in [7, 11) is 0. The number of anilines is 1. The highest BCUT2D eigenvalue weighted by molar-refractivity contribution is 5.93. The van der Waals surface area contributed by atoms with Crippen molar-refractivity contribution < 1.29 is 9.90 Å². The molecule has 1 N–H and O–H groups in total. The lowest BCUT2D eigenvalue weighted by atomic mass is 10.1. The van der Waals surface area contributed by atoms with Gasteiger partial charge in [0.1, 0.15) is 0 Å². The van der Waals surface area contributed by atoms with Crippen molar-refractivity contribution in [1.82, 2.24) is 9.97 Å². The minimum absolute atomic E-state index is 0.507. The third-order valence-corrected chi connectivity index (χ3v) is 3.93. The summed E-state index contributed by atoms with van der Waals surface area (Å²) in [6, 6.07) is 13.4. The Bertz CT molecular complexity index is 850. The summed E-state index contributed by atoms with van der Waals surface area (Å²) in [5.41, 5.74) is 1.64. The predicted octanol–water partition coefficient (Wildman–Crippen LogP) is 4.58. The monoisotopic (exact) mass is 321 g/mol. The van der Waals surface area contributed by atoms with E-state index in [-0.39, 0.29) is 0 Å². The summed E-state index contributed by atoms with van der Waals surface area (Å²) in [5, 5.41) is 11.5. The highest BCUT2D eigenvalue weighted by Gasteiger charge is 2.14. The van der Waals surface area contributed by atoms with Crippen molar-refractivity contribution in [2.75, 3.05) is 11.4 Å². The van der Waals surface area contributed by atoms with Gasteiger partial charge in [-0.25, -0.2) is 14.8 Å². The molecule has 0 bridgehead atoms. The van der Waals surface area contributed by atoms with Crippen molar-refractivity contribution in [2.24, 2.45) is 0 Å². The number of fused-ring (bicyclic) bond motifs is 1. The first-order valence-electron chi connectivity index (χ1n) is 8.00. The maximum atomic E-state index is 11.5. The van der Waals surface area contributed by atoms with Gasteiger partial charge in [-0.3, -0.25) is 4.90 Å². The fourth-order valence-corrected chi connectivity index (χ4v) is 2.64. The normalized spacial score (nSPS) is 10.7. The molecule has 0 aliphatic carbocycles. The molecule has 3 rings (SSSR count). The molecule has 3 aromatic rings. The number of benzene rings is 2. The van der Waals surface area contributed by atoms with Crippen LogP contribution in [0.3, 0.4) is 0 Å². The SMILES string of the molecule is CCCCN(C(=O)O)c1ccc2cc(-c3ncccn3)ccc2c1. The minimum Gasteiger partial charge on any atom is -0.465 e. The Labute approximate surface area is 140 Å². The third-order valence-electron chi connectivity index (χ3n) is 3.93. The molecule has 0 aliphatic heterocycles. The summed E-state index contributed by atoms with van der Waals surface area (Å²) < 4.78 is 0. The number of hydrogen-bond donors (Lipinski definition) is 1. The molecule has 1 amide bonds. The van der Waals surface area contributed by atoms with Gasteiger partial charge in [-0.05, 0) is 41.5 Å². The van der Waals surface area contributed by atoms with Gasteiger partial charge in [0.25, 0.3) is 0 Å². The molecule has 5 nitrogen and oxygen atoms in total. The molecule has 1 aromatic heterocycles. The molecule has 5 heteroatoms. The van der Waals surface area contributed by atoms with E-state index in [1.807, 2.05) is 43.3 Å². The second kappa shape index (κ2) is 7.08. The van der Waals surface area contributed by atoms with Crippen LogP contribution in [0.15, 0.2) is 54.9 Å². The van der Waals surface area contributed by atoms with Gasteiger partial charge < -0.3 is 5.11 Å². The zero-order valence-electron chi connectivity index (χ0n) is 13.5.